The summed E-state index contributed by atoms with van der Waals surface area (Å²) in [6.07, 6.45) is 1.73. The van der Waals surface area contributed by atoms with Gasteiger partial charge in [-0.3, -0.25) is 9.36 Å². The Balaban J connectivity index is 1.71. The van der Waals surface area contributed by atoms with Crippen molar-refractivity contribution in [2.45, 2.75) is 5.92 Å². The van der Waals surface area contributed by atoms with Crippen molar-refractivity contribution in [2.75, 3.05) is 28.4 Å². The normalized spacial score (nSPS) is 14.7. The van der Waals surface area contributed by atoms with Crippen molar-refractivity contribution in [2.24, 2.45) is 5.73 Å². The quantitative estimate of drug-likeness (QED) is 0.306. The maximum absolute atomic E-state index is 14.0. The average Bonchev–Trinajstić information content (AvgIpc) is 3.38. The van der Waals surface area contributed by atoms with Crippen LogP contribution in [0.1, 0.15) is 17.0 Å². The third-order valence-electron chi connectivity index (χ3n) is 7.85. The Morgan fingerprint density at radius 3 is 1.95 bits per heavy atom. The van der Waals surface area contributed by atoms with Gasteiger partial charge in [0.25, 0.3) is 5.56 Å². The summed E-state index contributed by atoms with van der Waals surface area (Å²) in [6.45, 7) is 0. The molecular formula is C34H26N4O5S. The molecule has 218 valence electrons. The van der Waals surface area contributed by atoms with Crippen LogP contribution in [0.15, 0.2) is 71.0 Å². The number of nitriles is 2. The Labute approximate surface area is 256 Å². The Bertz CT molecular complexity index is 2290. The fraction of sp³-hybridized carbons (Fsp3) is 0.147. The molecule has 10 heteroatoms. The van der Waals surface area contributed by atoms with E-state index in [1.165, 1.54) is 11.7 Å². The van der Waals surface area contributed by atoms with Crippen LogP contribution in [-0.2, 0) is 0 Å². The van der Waals surface area contributed by atoms with Crippen LogP contribution in [0.4, 0.5) is 0 Å². The molecule has 0 amide bonds. The van der Waals surface area contributed by atoms with E-state index in [2.05, 4.69) is 12.1 Å². The Morgan fingerprint density at radius 2 is 1.36 bits per heavy atom. The number of thiazole rings is 1. The van der Waals surface area contributed by atoms with Gasteiger partial charge in [0.15, 0.2) is 0 Å². The standard InChI is InChI=1S/C34H26N4O5S/c1-40-20-9-5-18-7-11-27(42-3)24(22(18)13-20)15-29-33(39)38-32(37)25(16-35)30(26(17-36)34(38)44-29)31-23-14-21(41-2)10-6-19(23)8-12-28(31)43-4/h5-15,30H,37H2,1-4H3/b29-15-. The summed E-state index contributed by atoms with van der Waals surface area (Å²) in [5, 5.41) is 24.3. The van der Waals surface area contributed by atoms with E-state index in [0.29, 0.717) is 43.3 Å². The molecule has 0 aliphatic carbocycles. The first-order chi connectivity index (χ1) is 21.4. The molecule has 2 N–H and O–H groups in total. The third-order valence-corrected chi connectivity index (χ3v) is 8.96. The second kappa shape index (κ2) is 11.2. The summed E-state index contributed by atoms with van der Waals surface area (Å²) in [4.78, 5) is 14.0. The Hall–Kier alpha value is -5.71. The highest BCUT2D eigenvalue weighted by Gasteiger charge is 2.35. The minimum atomic E-state index is -0.891. The number of benzene rings is 4. The van der Waals surface area contributed by atoms with Crippen LogP contribution in [0, 0.1) is 22.7 Å². The molecule has 0 saturated carbocycles. The number of rotatable bonds is 6. The van der Waals surface area contributed by atoms with Gasteiger partial charge in [-0.15, -0.1) is 11.3 Å². The predicted octanol–water partition coefficient (Wildman–Crippen LogP) is 4.20. The number of fused-ring (bicyclic) bond motifs is 3. The highest BCUT2D eigenvalue weighted by atomic mass is 32.1. The van der Waals surface area contributed by atoms with Crippen molar-refractivity contribution < 1.29 is 18.9 Å². The van der Waals surface area contributed by atoms with Crippen molar-refractivity contribution in [1.29, 1.82) is 10.5 Å². The van der Waals surface area contributed by atoms with E-state index in [1.807, 2.05) is 54.6 Å². The zero-order valence-electron chi connectivity index (χ0n) is 24.3. The van der Waals surface area contributed by atoms with Crippen molar-refractivity contribution in [3.63, 3.8) is 0 Å². The lowest BCUT2D eigenvalue weighted by atomic mass is 9.81. The van der Waals surface area contributed by atoms with Crippen molar-refractivity contribution >= 4 is 50.4 Å². The molecule has 1 aromatic heterocycles. The van der Waals surface area contributed by atoms with Gasteiger partial charge in [0.2, 0.25) is 0 Å². The number of allylic oxidation sites excluding steroid dienone is 1. The molecule has 4 aromatic carbocycles. The van der Waals surface area contributed by atoms with Crippen LogP contribution >= 0.6 is 11.3 Å². The molecular weight excluding hydrogens is 576 g/mol. The number of nitrogens with zero attached hydrogens (tertiary/aromatic N) is 3. The summed E-state index contributed by atoms with van der Waals surface area (Å²) in [7, 11) is 6.24. The zero-order chi connectivity index (χ0) is 31.1. The van der Waals surface area contributed by atoms with E-state index in [1.54, 1.807) is 33.5 Å². The Morgan fingerprint density at radius 1 is 0.795 bits per heavy atom. The van der Waals surface area contributed by atoms with Crippen LogP contribution in [0.25, 0.3) is 39.0 Å². The number of ether oxygens (including phenoxy) is 4. The maximum atomic E-state index is 14.0. The summed E-state index contributed by atoms with van der Waals surface area (Å²) in [5.74, 6) is 1.34. The highest BCUT2D eigenvalue weighted by molar-refractivity contribution is 7.07. The summed E-state index contributed by atoms with van der Waals surface area (Å²) in [6, 6.07) is 23.2. The Kier molecular flexibility index (Phi) is 7.22. The second-order valence-corrected chi connectivity index (χ2v) is 11.0. The highest BCUT2D eigenvalue weighted by Crippen LogP contribution is 2.44. The molecule has 0 saturated heterocycles. The van der Waals surface area contributed by atoms with Crippen LogP contribution in [0.5, 0.6) is 23.0 Å². The van der Waals surface area contributed by atoms with E-state index in [0.717, 1.165) is 32.9 Å². The number of hydrogen-bond acceptors (Lipinski definition) is 9. The molecule has 0 spiro atoms. The maximum Gasteiger partial charge on any atom is 0.274 e. The van der Waals surface area contributed by atoms with E-state index >= 15 is 0 Å². The molecule has 6 rings (SSSR count). The predicted molar refractivity (Wildman–Crippen MR) is 170 cm³/mol. The first-order valence-corrected chi connectivity index (χ1v) is 14.3. The number of hydrogen-bond donors (Lipinski definition) is 1. The molecule has 0 radical (unpaired) electrons. The molecule has 0 fully saturated rings. The topological polar surface area (TPSA) is 133 Å². The van der Waals surface area contributed by atoms with Crippen LogP contribution in [-0.4, -0.2) is 33.0 Å². The SMILES string of the molecule is COc1ccc2ccc(OC)c(/C=c3\sc4n(c3=O)C(N)=C(C#N)C(c3c(OC)ccc5ccc(OC)cc35)C=4C#N)c2c1. The van der Waals surface area contributed by atoms with Crippen LogP contribution in [0.2, 0.25) is 0 Å². The minimum Gasteiger partial charge on any atom is -0.497 e. The lowest BCUT2D eigenvalue weighted by Gasteiger charge is -2.25. The van der Waals surface area contributed by atoms with Crippen molar-refractivity contribution in [1.82, 2.24) is 4.57 Å². The van der Waals surface area contributed by atoms with Gasteiger partial charge in [-0.2, -0.15) is 10.5 Å². The number of methoxy groups -OCH3 is 4. The van der Waals surface area contributed by atoms with E-state index in [9.17, 15) is 15.3 Å². The van der Waals surface area contributed by atoms with Gasteiger partial charge in [-0.1, -0.05) is 24.3 Å². The van der Waals surface area contributed by atoms with E-state index in [4.69, 9.17) is 24.7 Å². The fourth-order valence-electron chi connectivity index (χ4n) is 5.73. The van der Waals surface area contributed by atoms with Gasteiger partial charge in [0, 0.05) is 11.1 Å². The summed E-state index contributed by atoms with van der Waals surface area (Å²) >= 11 is 1.13. The summed E-state index contributed by atoms with van der Waals surface area (Å²) in [5.41, 5.74) is 7.69. The number of aromatic nitrogens is 1. The monoisotopic (exact) mass is 602 g/mol. The molecule has 0 bridgehead atoms. The lowest BCUT2D eigenvalue weighted by molar-refractivity contribution is 0.410. The first kappa shape index (κ1) is 28.4. The summed E-state index contributed by atoms with van der Waals surface area (Å²) < 4.78 is 24.2. The molecule has 1 aliphatic rings. The van der Waals surface area contributed by atoms with Gasteiger partial charge in [-0.05, 0) is 64.0 Å². The van der Waals surface area contributed by atoms with Crippen molar-refractivity contribution in [3.05, 3.63) is 96.9 Å². The number of nitrogens with two attached hydrogens (primary N) is 1. The fourth-order valence-corrected chi connectivity index (χ4v) is 6.84. The molecule has 1 aliphatic heterocycles. The van der Waals surface area contributed by atoms with Gasteiger partial charge in [0.05, 0.1) is 62.2 Å². The lowest BCUT2D eigenvalue weighted by Crippen LogP contribution is -2.38. The van der Waals surface area contributed by atoms with Gasteiger partial charge in [-0.25, -0.2) is 0 Å². The molecule has 9 nitrogen and oxygen atoms in total. The first-order valence-electron chi connectivity index (χ1n) is 13.5. The van der Waals surface area contributed by atoms with Gasteiger partial charge >= 0.3 is 0 Å². The molecule has 2 heterocycles. The molecule has 1 unspecified atom stereocenters. The zero-order valence-corrected chi connectivity index (χ0v) is 25.1. The smallest absolute Gasteiger partial charge is 0.274 e. The van der Waals surface area contributed by atoms with Gasteiger partial charge in [0.1, 0.15) is 33.5 Å². The third kappa shape index (κ3) is 4.32. The van der Waals surface area contributed by atoms with E-state index in [-0.39, 0.29) is 17.0 Å². The van der Waals surface area contributed by atoms with Gasteiger partial charge < -0.3 is 24.7 Å². The van der Waals surface area contributed by atoms with Crippen LogP contribution in [0.3, 0.4) is 0 Å². The molecule has 5 aromatic rings. The molecule has 44 heavy (non-hydrogen) atoms. The van der Waals surface area contributed by atoms with Crippen molar-refractivity contribution in [3.8, 4) is 35.1 Å². The second-order valence-electron chi connectivity index (χ2n) is 9.96. The minimum absolute atomic E-state index is 0.0408. The largest absolute Gasteiger partial charge is 0.497 e. The average molecular weight is 603 g/mol. The van der Waals surface area contributed by atoms with E-state index < -0.39 is 11.5 Å². The van der Waals surface area contributed by atoms with Crippen LogP contribution < -0.4 is 39.4 Å². The molecule has 1 atom stereocenters.